The summed E-state index contributed by atoms with van der Waals surface area (Å²) in [6.45, 7) is 5.74. The number of hydrogen-bond donors (Lipinski definition) is 0. The molecule has 0 saturated heterocycles. The molecule has 2 aromatic rings. The molecule has 0 N–H and O–H groups in total. The largest absolute Gasteiger partial charge is 0.267 e. The molecular weight excluding hydrogens is 270 g/mol. The second-order valence-electron chi connectivity index (χ2n) is 5.63. The molecule has 2 rings (SSSR count). The van der Waals surface area contributed by atoms with E-state index >= 15 is 0 Å². The Morgan fingerprint density at radius 3 is 2.50 bits per heavy atom. The van der Waals surface area contributed by atoms with Crippen LogP contribution in [0, 0.1) is 0 Å². The first-order valence-corrected chi connectivity index (χ1v) is 7.70. The number of nitrogens with zero attached hydrogens (tertiary/aromatic N) is 3. The van der Waals surface area contributed by atoms with Crippen LogP contribution in [0.15, 0.2) is 40.8 Å². The lowest BCUT2D eigenvalue weighted by Gasteiger charge is -2.05. The van der Waals surface area contributed by atoms with Crippen molar-refractivity contribution in [2.24, 2.45) is 11.4 Å². The van der Waals surface area contributed by atoms with Gasteiger partial charge < -0.3 is 0 Å². The first kappa shape index (κ1) is 14.7. The summed E-state index contributed by atoms with van der Waals surface area (Å²) in [6, 6.07) is 12.0. The first-order chi connectivity index (χ1) is 9.38. The highest BCUT2D eigenvalue weighted by molar-refractivity contribution is 7.85. The van der Waals surface area contributed by atoms with E-state index < -0.39 is 11.0 Å². The molecule has 1 heterocycles. The maximum Gasteiger partial charge on any atom is 0.194 e. The summed E-state index contributed by atoms with van der Waals surface area (Å²) >= 11 is 0. The predicted octanol–water partition coefficient (Wildman–Crippen LogP) is 2.92. The first-order valence-electron chi connectivity index (χ1n) is 6.49. The Bertz CT molecular complexity index is 639. The van der Waals surface area contributed by atoms with E-state index in [0.717, 1.165) is 17.0 Å². The third kappa shape index (κ3) is 3.42. The lowest BCUT2D eigenvalue weighted by Crippen LogP contribution is -2.19. The zero-order chi connectivity index (χ0) is 14.8. The van der Waals surface area contributed by atoms with Crippen LogP contribution in [0.25, 0.3) is 11.3 Å². The maximum absolute atomic E-state index is 11.9. The second kappa shape index (κ2) is 5.71. The molecule has 0 aliphatic heterocycles. The minimum absolute atomic E-state index is 0.317. The van der Waals surface area contributed by atoms with Crippen LogP contribution in [-0.2, 0) is 22.2 Å². The monoisotopic (exact) mass is 290 g/mol. The number of benzene rings is 1. The van der Waals surface area contributed by atoms with Gasteiger partial charge in [0.1, 0.15) is 16.7 Å². The van der Waals surface area contributed by atoms with E-state index in [1.165, 1.54) is 0 Å². The van der Waals surface area contributed by atoms with E-state index in [0.29, 0.717) is 0 Å². The standard InChI is InChI=1S/C15H19N3OS/c1-15(2,3)20(19)16-11-13-10-14(18(4)17-13)12-8-6-5-7-9-12/h5-11H,1-4H3/p+1/b16-11+. The normalized spacial score (nSPS) is 13.8. The summed E-state index contributed by atoms with van der Waals surface area (Å²) in [5.41, 5.74) is 2.83. The Morgan fingerprint density at radius 1 is 1.25 bits per heavy atom. The van der Waals surface area contributed by atoms with Gasteiger partial charge in [0.15, 0.2) is 11.0 Å². The molecule has 0 aliphatic carbocycles. The van der Waals surface area contributed by atoms with Crippen LogP contribution in [0.3, 0.4) is 0 Å². The fourth-order valence-corrected chi connectivity index (χ4v) is 2.29. The Morgan fingerprint density at radius 2 is 1.90 bits per heavy atom. The molecule has 1 unspecified atom stereocenters. The van der Waals surface area contributed by atoms with Gasteiger partial charge in [0, 0.05) is 7.05 Å². The minimum atomic E-state index is -1.63. The van der Waals surface area contributed by atoms with Gasteiger partial charge in [0.05, 0.1) is 5.69 Å². The molecule has 0 saturated carbocycles. The van der Waals surface area contributed by atoms with Gasteiger partial charge in [-0.25, -0.2) is 0 Å². The molecule has 0 fully saturated rings. The molecule has 1 aromatic heterocycles. The summed E-state index contributed by atoms with van der Waals surface area (Å²) in [7, 11) is 0.263. The van der Waals surface area contributed by atoms with E-state index in [1.54, 1.807) is 10.9 Å². The molecule has 0 aliphatic rings. The van der Waals surface area contributed by atoms with Crippen molar-refractivity contribution in [1.29, 1.82) is 0 Å². The van der Waals surface area contributed by atoms with Crippen molar-refractivity contribution < 1.29 is 4.21 Å². The molecule has 4 nitrogen and oxygen atoms in total. The Kier molecular flexibility index (Phi) is 4.18. The molecule has 106 valence electrons. The number of thiol groups is 1. The number of aryl methyl sites for hydroxylation is 1. The van der Waals surface area contributed by atoms with Crippen LogP contribution >= 0.6 is 0 Å². The second-order valence-corrected chi connectivity index (χ2v) is 7.75. The van der Waals surface area contributed by atoms with Crippen LogP contribution in [0.4, 0.5) is 0 Å². The molecule has 0 spiro atoms. The Labute approximate surface area is 122 Å². The van der Waals surface area contributed by atoms with Crippen LogP contribution in [-0.4, -0.2) is 20.7 Å². The predicted molar refractivity (Wildman–Crippen MR) is 85.4 cm³/mol. The number of hydrogen-bond acceptors (Lipinski definition) is 2. The van der Waals surface area contributed by atoms with Crippen molar-refractivity contribution in [2.45, 2.75) is 25.5 Å². The van der Waals surface area contributed by atoms with Gasteiger partial charge >= 0.3 is 0 Å². The van der Waals surface area contributed by atoms with Crippen molar-refractivity contribution in [3.63, 3.8) is 0 Å². The van der Waals surface area contributed by atoms with E-state index in [-0.39, 0.29) is 4.75 Å². The summed E-state index contributed by atoms with van der Waals surface area (Å²) in [5.74, 6) is 0. The Balaban J connectivity index is 2.25. The highest BCUT2D eigenvalue weighted by Crippen LogP contribution is 2.19. The Hall–Kier alpha value is -1.75. The van der Waals surface area contributed by atoms with Crippen molar-refractivity contribution >= 4 is 17.2 Å². The van der Waals surface area contributed by atoms with Crippen LogP contribution in [0.1, 0.15) is 26.5 Å². The fraction of sp³-hybridized carbons (Fsp3) is 0.333. The van der Waals surface area contributed by atoms with Gasteiger partial charge in [-0.15, -0.1) is 0 Å². The quantitative estimate of drug-likeness (QED) is 0.496. The number of aromatic nitrogens is 2. The zero-order valence-corrected chi connectivity index (χ0v) is 13.1. The van der Waals surface area contributed by atoms with E-state index in [1.807, 2.05) is 64.2 Å². The zero-order valence-electron chi connectivity index (χ0n) is 12.2. The summed E-state index contributed by atoms with van der Waals surface area (Å²) in [4.78, 5) is 0. The summed E-state index contributed by atoms with van der Waals surface area (Å²) < 4.78 is 17.5. The lowest BCUT2D eigenvalue weighted by molar-refractivity contribution is 0.576. The third-order valence-electron chi connectivity index (χ3n) is 2.84. The summed E-state index contributed by atoms with van der Waals surface area (Å²) in [6.07, 6.45) is 1.59. The van der Waals surface area contributed by atoms with Crippen molar-refractivity contribution in [2.75, 3.05) is 0 Å². The molecule has 0 radical (unpaired) electrons. The van der Waals surface area contributed by atoms with Crippen molar-refractivity contribution in [3.05, 3.63) is 42.1 Å². The topological polar surface area (TPSA) is 47.2 Å². The molecular formula is C15H20N3OS+. The molecule has 20 heavy (non-hydrogen) atoms. The summed E-state index contributed by atoms with van der Waals surface area (Å²) in [5, 5.41) is 4.38. The van der Waals surface area contributed by atoms with Crippen LogP contribution in [0.2, 0.25) is 0 Å². The van der Waals surface area contributed by atoms with Gasteiger partial charge in [0.2, 0.25) is 0 Å². The average molecular weight is 290 g/mol. The van der Waals surface area contributed by atoms with Crippen molar-refractivity contribution in [1.82, 2.24) is 9.78 Å². The molecule has 1 aromatic carbocycles. The highest BCUT2D eigenvalue weighted by atomic mass is 32.2. The van der Waals surface area contributed by atoms with Gasteiger partial charge in [-0.3, -0.25) is 4.68 Å². The molecule has 0 bridgehead atoms. The smallest absolute Gasteiger partial charge is 0.194 e. The SMILES string of the molecule is Cn1nc(/C=N/[SH+](=O)C(C)(C)C)cc1-c1ccccc1. The fourth-order valence-electron chi connectivity index (χ4n) is 1.72. The van der Waals surface area contributed by atoms with E-state index in [2.05, 4.69) is 9.50 Å². The van der Waals surface area contributed by atoms with Crippen LogP contribution < -0.4 is 0 Å². The van der Waals surface area contributed by atoms with Gasteiger partial charge in [0.25, 0.3) is 0 Å². The third-order valence-corrected chi connectivity index (χ3v) is 4.31. The van der Waals surface area contributed by atoms with Gasteiger partial charge in [-0.2, -0.15) is 5.10 Å². The van der Waals surface area contributed by atoms with E-state index in [4.69, 9.17) is 0 Å². The highest BCUT2D eigenvalue weighted by Gasteiger charge is 2.24. The molecule has 5 heteroatoms. The van der Waals surface area contributed by atoms with Gasteiger partial charge in [-0.05, 0) is 32.4 Å². The van der Waals surface area contributed by atoms with Gasteiger partial charge in [-0.1, -0.05) is 38.9 Å². The minimum Gasteiger partial charge on any atom is -0.267 e. The number of rotatable bonds is 3. The lowest BCUT2D eigenvalue weighted by atomic mass is 10.1. The van der Waals surface area contributed by atoms with Crippen molar-refractivity contribution in [3.8, 4) is 11.3 Å². The molecule has 0 amide bonds. The molecule has 1 atom stereocenters. The average Bonchev–Trinajstić information content (AvgIpc) is 2.77. The van der Waals surface area contributed by atoms with E-state index in [9.17, 15) is 4.21 Å². The van der Waals surface area contributed by atoms with Crippen LogP contribution in [0.5, 0.6) is 0 Å². The maximum atomic E-state index is 11.9.